The quantitative estimate of drug-likeness (QED) is 0.832. The van der Waals surface area contributed by atoms with Gasteiger partial charge in [0.25, 0.3) is 10.0 Å². The third kappa shape index (κ3) is 2.86. The van der Waals surface area contributed by atoms with Crippen molar-refractivity contribution < 1.29 is 13.5 Å². The minimum absolute atomic E-state index is 0.0452. The van der Waals surface area contributed by atoms with Crippen LogP contribution in [0.25, 0.3) is 0 Å². The monoisotopic (exact) mass is 288 g/mol. The van der Waals surface area contributed by atoms with Crippen LogP contribution >= 0.6 is 11.3 Å². The number of nitrogens with zero attached hydrogens (tertiary/aromatic N) is 3. The molecule has 0 fully saturated rings. The van der Waals surface area contributed by atoms with Crippen LogP contribution in [0.15, 0.2) is 23.5 Å². The summed E-state index contributed by atoms with van der Waals surface area (Å²) in [6.07, 6.45) is 4.19. The summed E-state index contributed by atoms with van der Waals surface area (Å²) in [7, 11) is -3.66. The minimum atomic E-state index is -3.66. The molecule has 0 saturated carbocycles. The molecule has 0 aromatic carbocycles. The molecule has 2 rings (SSSR count). The van der Waals surface area contributed by atoms with Crippen LogP contribution in [0.1, 0.15) is 4.88 Å². The number of hydrogen-bond acceptors (Lipinski definition) is 6. The number of aryl methyl sites for hydroxylation is 1. The number of anilines is 1. The second-order valence-corrected chi connectivity index (χ2v) is 6.46. The van der Waals surface area contributed by atoms with Gasteiger partial charge in [-0.3, -0.25) is 9.40 Å². The van der Waals surface area contributed by atoms with Gasteiger partial charge in [0.2, 0.25) is 0 Å². The van der Waals surface area contributed by atoms with Crippen molar-refractivity contribution in [3.05, 3.63) is 23.5 Å². The van der Waals surface area contributed by atoms with E-state index < -0.39 is 10.0 Å². The first-order chi connectivity index (χ1) is 8.51. The molecule has 0 aliphatic heterocycles. The van der Waals surface area contributed by atoms with Crippen molar-refractivity contribution in [1.29, 1.82) is 0 Å². The molecule has 2 aromatic rings. The maximum atomic E-state index is 12.0. The fourth-order valence-electron chi connectivity index (χ4n) is 1.28. The molecule has 0 bridgehead atoms. The number of thiazole rings is 1. The van der Waals surface area contributed by atoms with Gasteiger partial charge in [-0.05, 0) is 6.92 Å². The van der Waals surface area contributed by atoms with Crippen molar-refractivity contribution in [3.63, 3.8) is 0 Å². The van der Waals surface area contributed by atoms with Crippen molar-refractivity contribution in [2.75, 3.05) is 11.3 Å². The van der Waals surface area contributed by atoms with E-state index in [9.17, 15) is 8.42 Å². The van der Waals surface area contributed by atoms with E-state index in [1.165, 1.54) is 28.4 Å². The van der Waals surface area contributed by atoms with Crippen LogP contribution in [0.3, 0.4) is 0 Å². The number of aliphatic hydroxyl groups excluding tert-OH is 1. The number of aromatic nitrogens is 3. The summed E-state index contributed by atoms with van der Waals surface area (Å²) in [5, 5.41) is 12.9. The largest absolute Gasteiger partial charge is 0.394 e. The van der Waals surface area contributed by atoms with Crippen LogP contribution in [-0.2, 0) is 16.6 Å². The lowest BCUT2D eigenvalue weighted by Gasteiger charge is -2.01. The number of aliphatic hydroxyl groups is 1. The summed E-state index contributed by atoms with van der Waals surface area (Å²) in [5.74, 6) is 0. The molecule has 2 N–H and O–H groups in total. The molecule has 2 aromatic heterocycles. The highest BCUT2D eigenvalue weighted by Crippen LogP contribution is 2.20. The fraction of sp³-hybridized carbons (Fsp3) is 0.333. The summed E-state index contributed by atoms with van der Waals surface area (Å²) in [6, 6.07) is 0. The average Bonchev–Trinajstić information content (AvgIpc) is 2.88. The average molecular weight is 288 g/mol. The Labute approximate surface area is 108 Å². The van der Waals surface area contributed by atoms with E-state index in [0.29, 0.717) is 5.13 Å². The number of hydrogen-bond donors (Lipinski definition) is 2. The molecule has 0 amide bonds. The first kappa shape index (κ1) is 13.0. The Morgan fingerprint density at radius 3 is 2.89 bits per heavy atom. The summed E-state index contributed by atoms with van der Waals surface area (Å²) >= 11 is 1.26. The zero-order chi connectivity index (χ0) is 13.2. The van der Waals surface area contributed by atoms with E-state index in [-0.39, 0.29) is 18.0 Å². The van der Waals surface area contributed by atoms with Crippen molar-refractivity contribution in [1.82, 2.24) is 14.8 Å². The van der Waals surface area contributed by atoms with Crippen LogP contribution in [-0.4, -0.2) is 34.9 Å². The van der Waals surface area contributed by atoms with Gasteiger partial charge >= 0.3 is 0 Å². The van der Waals surface area contributed by atoms with E-state index in [0.717, 1.165) is 4.88 Å². The topological polar surface area (TPSA) is 97.1 Å². The molecule has 18 heavy (non-hydrogen) atoms. The van der Waals surface area contributed by atoms with E-state index in [2.05, 4.69) is 14.8 Å². The Morgan fingerprint density at radius 2 is 2.28 bits per heavy atom. The first-order valence-corrected chi connectivity index (χ1v) is 7.40. The molecular formula is C9H12N4O3S2. The zero-order valence-corrected chi connectivity index (χ0v) is 11.2. The molecular weight excluding hydrogens is 276 g/mol. The van der Waals surface area contributed by atoms with Gasteiger partial charge in [0.05, 0.1) is 19.3 Å². The molecule has 0 unspecified atom stereocenters. The van der Waals surface area contributed by atoms with Crippen molar-refractivity contribution in [2.24, 2.45) is 0 Å². The van der Waals surface area contributed by atoms with Crippen LogP contribution < -0.4 is 4.72 Å². The summed E-state index contributed by atoms with van der Waals surface area (Å²) in [4.78, 5) is 4.90. The van der Waals surface area contributed by atoms with E-state index >= 15 is 0 Å². The van der Waals surface area contributed by atoms with Gasteiger partial charge in [0.15, 0.2) is 5.13 Å². The smallest absolute Gasteiger partial charge is 0.266 e. The number of nitrogens with one attached hydrogen (secondary N) is 1. The summed E-state index contributed by atoms with van der Waals surface area (Å²) < 4.78 is 27.7. The van der Waals surface area contributed by atoms with E-state index in [4.69, 9.17) is 5.11 Å². The Morgan fingerprint density at radius 1 is 1.50 bits per heavy atom. The highest BCUT2D eigenvalue weighted by Gasteiger charge is 2.17. The van der Waals surface area contributed by atoms with Crippen LogP contribution in [0.5, 0.6) is 0 Å². The predicted molar refractivity (Wildman–Crippen MR) is 67.0 cm³/mol. The normalized spacial score (nSPS) is 11.7. The van der Waals surface area contributed by atoms with E-state index in [1.807, 2.05) is 6.92 Å². The lowest BCUT2D eigenvalue weighted by atomic mass is 10.7. The third-order valence-corrected chi connectivity index (χ3v) is 4.34. The maximum absolute atomic E-state index is 12.0. The lowest BCUT2D eigenvalue weighted by molar-refractivity contribution is 0.269. The minimum Gasteiger partial charge on any atom is -0.394 e. The second kappa shape index (κ2) is 5.04. The van der Waals surface area contributed by atoms with Crippen LogP contribution in [0, 0.1) is 6.92 Å². The lowest BCUT2D eigenvalue weighted by Crippen LogP contribution is -2.12. The second-order valence-electron chi connectivity index (χ2n) is 3.54. The molecule has 2 heterocycles. The van der Waals surface area contributed by atoms with Crippen molar-refractivity contribution in [2.45, 2.75) is 18.4 Å². The molecule has 7 nitrogen and oxygen atoms in total. The summed E-state index contributed by atoms with van der Waals surface area (Å²) in [6.45, 7) is 2.00. The Bertz CT molecular complexity index is 632. The third-order valence-electron chi connectivity index (χ3n) is 2.09. The zero-order valence-electron chi connectivity index (χ0n) is 9.57. The molecule has 0 radical (unpaired) electrons. The standard InChI is InChI=1S/C9H12N4O3S2/c1-7-4-10-9(17-7)12-18(15,16)8-5-11-13(6-8)2-3-14/h4-6,14H,2-3H2,1H3,(H,10,12). The Hall–Kier alpha value is -1.45. The molecule has 0 atom stereocenters. The molecule has 9 heteroatoms. The van der Waals surface area contributed by atoms with Crippen LogP contribution in [0.2, 0.25) is 0 Å². The molecule has 0 saturated heterocycles. The van der Waals surface area contributed by atoms with Gasteiger partial charge in [-0.1, -0.05) is 0 Å². The highest BCUT2D eigenvalue weighted by atomic mass is 32.2. The Kier molecular flexibility index (Phi) is 3.64. The van der Waals surface area contributed by atoms with Gasteiger partial charge in [-0.25, -0.2) is 13.4 Å². The molecule has 0 aliphatic carbocycles. The summed E-state index contributed by atoms with van der Waals surface area (Å²) in [5.41, 5.74) is 0. The highest BCUT2D eigenvalue weighted by molar-refractivity contribution is 7.93. The molecule has 0 spiro atoms. The number of rotatable bonds is 5. The van der Waals surface area contributed by atoms with Crippen molar-refractivity contribution in [3.8, 4) is 0 Å². The predicted octanol–water partition coefficient (Wildman–Crippen LogP) is 0.441. The maximum Gasteiger partial charge on any atom is 0.266 e. The van der Waals surface area contributed by atoms with Gasteiger partial charge < -0.3 is 5.11 Å². The first-order valence-electron chi connectivity index (χ1n) is 5.10. The van der Waals surface area contributed by atoms with Gasteiger partial charge in [0.1, 0.15) is 4.90 Å². The van der Waals surface area contributed by atoms with Crippen molar-refractivity contribution >= 4 is 26.5 Å². The van der Waals surface area contributed by atoms with Gasteiger partial charge in [-0.15, -0.1) is 11.3 Å². The number of sulfonamides is 1. The van der Waals surface area contributed by atoms with E-state index in [1.54, 1.807) is 6.20 Å². The molecule has 98 valence electrons. The fourth-order valence-corrected chi connectivity index (χ4v) is 3.14. The van der Waals surface area contributed by atoms with Gasteiger partial charge in [-0.2, -0.15) is 5.10 Å². The SMILES string of the molecule is Cc1cnc(NS(=O)(=O)c2cnn(CCO)c2)s1. The van der Waals surface area contributed by atoms with Crippen LogP contribution in [0.4, 0.5) is 5.13 Å². The molecule has 0 aliphatic rings. The van der Waals surface area contributed by atoms with Gasteiger partial charge in [0, 0.05) is 17.3 Å². The Balaban J connectivity index is 2.19.